The van der Waals surface area contributed by atoms with Gasteiger partial charge in [-0.2, -0.15) is 0 Å². The summed E-state index contributed by atoms with van der Waals surface area (Å²) in [4.78, 5) is 0.109. The quantitative estimate of drug-likeness (QED) is 0.810. The lowest BCUT2D eigenvalue weighted by Crippen LogP contribution is -2.14. The fraction of sp³-hybridized carbons (Fsp3) is 0.333. The van der Waals surface area contributed by atoms with Gasteiger partial charge in [0, 0.05) is 6.07 Å². The highest BCUT2D eigenvalue weighted by Crippen LogP contribution is 2.26. The zero-order valence-corrected chi connectivity index (χ0v) is 9.60. The predicted octanol–water partition coefficient (Wildman–Crippen LogP) is 1.08. The Morgan fingerprint density at radius 1 is 1.33 bits per heavy atom. The van der Waals surface area contributed by atoms with Gasteiger partial charge in [-0.15, -0.1) is 12.4 Å². The van der Waals surface area contributed by atoms with Crippen molar-refractivity contribution in [1.29, 1.82) is 0 Å². The molecule has 1 heterocycles. The minimum atomic E-state index is -3.62. The molecule has 2 N–H and O–H groups in total. The predicted molar refractivity (Wildman–Crippen MR) is 58.9 cm³/mol. The van der Waals surface area contributed by atoms with E-state index in [0.29, 0.717) is 12.4 Å². The number of fused-ring (bicyclic) bond motifs is 1. The second-order valence-corrected chi connectivity index (χ2v) is 4.83. The molecule has 1 aromatic rings. The zero-order valence-electron chi connectivity index (χ0n) is 7.97. The van der Waals surface area contributed by atoms with Gasteiger partial charge in [0.2, 0.25) is 10.0 Å². The Hall–Kier alpha value is -0.780. The maximum Gasteiger partial charge on any atom is 0.238 e. The SMILES string of the molecule is Cl.NS(=O)(=O)c1ccc2c(c1)OCCC2. The Kier molecular flexibility index (Phi) is 3.59. The molecule has 15 heavy (non-hydrogen) atoms. The number of ether oxygens (including phenoxy) is 1. The molecule has 0 aromatic heterocycles. The molecule has 0 bridgehead atoms. The highest BCUT2D eigenvalue weighted by Gasteiger charge is 2.14. The number of hydrogen-bond donors (Lipinski definition) is 1. The fourth-order valence-electron chi connectivity index (χ4n) is 1.50. The van der Waals surface area contributed by atoms with Gasteiger partial charge in [0.1, 0.15) is 5.75 Å². The number of hydrogen-bond acceptors (Lipinski definition) is 3. The smallest absolute Gasteiger partial charge is 0.238 e. The normalized spacial score (nSPS) is 14.7. The van der Waals surface area contributed by atoms with Gasteiger partial charge in [-0.05, 0) is 24.5 Å². The molecule has 0 amide bonds. The average molecular weight is 250 g/mol. The summed E-state index contributed by atoms with van der Waals surface area (Å²) in [6.45, 7) is 0.640. The van der Waals surface area contributed by atoms with E-state index in [9.17, 15) is 8.42 Å². The zero-order chi connectivity index (χ0) is 10.2. The van der Waals surface area contributed by atoms with E-state index in [1.807, 2.05) is 0 Å². The van der Waals surface area contributed by atoms with E-state index in [0.717, 1.165) is 18.4 Å². The second kappa shape index (κ2) is 4.38. The molecule has 84 valence electrons. The van der Waals surface area contributed by atoms with E-state index in [2.05, 4.69) is 0 Å². The van der Waals surface area contributed by atoms with Crippen LogP contribution in [0, 0.1) is 0 Å². The molecule has 2 rings (SSSR count). The molecule has 0 fully saturated rings. The second-order valence-electron chi connectivity index (χ2n) is 3.27. The van der Waals surface area contributed by atoms with E-state index in [-0.39, 0.29) is 17.3 Å². The number of aryl methyl sites for hydroxylation is 1. The van der Waals surface area contributed by atoms with E-state index >= 15 is 0 Å². The topological polar surface area (TPSA) is 69.4 Å². The van der Waals surface area contributed by atoms with Crippen LogP contribution >= 0.6 is 12.4 Å². The van der Waals surface area contributed by atoms with Crippen molar-refractivity contribution < 1.29 is 13.2 Å². The molecule has 0 radical (unpaired) electrons. The average Bonchev–Trinajstić information content (AvgIpc) is 2.16. The van der Waals surface area contributed by atoms with Crippen LogP contribution in [0.1, 0.15) is 12.0 Å². The maximum absolute atomic E-state index is 11.0. The van der Waals surface area contributed by atoms with Crippen LogP contribution in [0.25, 0.3) is 0 Å². The molecule has 1 aliphatic heterocycles. The van der Waals surface area contributed by atoms with Crippen molar-refractivity contribution >= 4 is 22.4 Å². The first kappa shape index (κ1) is 12.3. The van der Waals surface area contributed by atoms with E-state index in [1.165, 1.54) is 12.1 Å². The minimum Gasteiger partial charge on any atom is -0.493 e. The molecule has 0 atom stereocenters. The van der Waals surface area contributed by atoms with Crippen molar-refractivity contribution in [3.05, 3.63) is 23.8 Å². The van der Waals surface area contributed by atoms with E-state index < -0.39 is 10.0 Å². The highest BCUT2D eigenvalue weighted by atomic mass is 35.5. The molecule has 4 nitrogen and oxygen atoms in total. The highest BCUT2D eigenvalue weighted by molar-refractivity contribution is 7.89. The van der Waals surface area contributed by atoms with Crippen molar-refractivity contribution in [2.45, 2.75) is 17.7 Å². The van der Waals surface area contributed by atoms with Crippen LogP contribution in [0.2, 0.25) is 0 Å². The molecular formula is C9H12ClNO3S. The third-order valence-electron chi connectivity index (χ3n) is 2.22. The van der Waals surface area contributed by atoms with Crippen LogP contribution in [-0.4, -0.2) is 15.0 Å². The first-order chi connectivity index (χ1) is 6.57. The van der Waals surface area contributed by atoms with Gasteiger partial charge in [-0.1, -0.05) is 6.07 Å². The molecule has 0 spiro atoms. The Bertz CT molecular complexity index is 458. The summed E-state index contributed by atoms with van der Waals surface area (Å²) in [5.41, 5.74) is 1.05. The molecule has 0 saturated carbocycles. The van der Waals surface area contributed by atoms with Crippen LogP contribution in [-0.2, 0) is 16.4 Å². The molecule has 0 saturated heterocycles. The van der Waals surface area contributed by atoms with Crippen LogP contribution in [0.5, 0.6) is 5.75 Å². The van der Waals surface area contributed by atoms with Gasteiger partial charge in [-0.25, -0.2) is 13.6 Å². The molecule has 6 heteroatoms. The number of halogens is 1. The van der Waals surface area contributed by atoms with Crippen molar-refractivity contribution in [2.75, 3.05) is 6.61 Å². The molecular weight excluding hydrogens is 238 g/mol. The summed E-state index contributed by atoms with van der Waals surface area (Å²) in [6.07, 6.45) is 1.90. The Morgan fingerprint density at radius 3 is 2.73 bits per heavy atom. The largest absolute Gasteiger partial charge is 0.493 e. The van der Waals surface area contributed by atoms with Gasteiger partial charge >= 0.3 is 0 Å². The van der Waals surface area contributed by atoms with Gasteiger partial charge in [0.25, 0.3) is 0 Å². The van der Waals surface area contributed by atoms with E-state index in [1.54, 1.807) is 6.07 Å². The standard InChI is InChI=1S/C9H11NO3S.ClH/c10-14(11,12)8-4-3-7-2-1-5-13-9(7)6-8;/h3-4,6H,1-2,5H2,(H2,10,11,12);1H. The Balaban J connectivity index is 0.00000112. The van der Waals surface area contributed by atoms with Crippen molar-refractivity contribution in [3.63, 3.8) is 0 Å². The third-order valence-corrected chi connectivity index (χ3v) is 3.13. The first-order valence-corrected chi connectivity index (χ1v) is 5.90. The van der Waals surface area contributed by atoms with Crippen molar-refractivity contribution in [3.8, 4) is 5.75 Å². The van der Waals surface area contributed by atoms with Crippen molar-refractivity contribution in [1.82, 2.24) is 0 Å². The summed E-state index contributed by atoms with van der Waals surface area (Å²) in [7, 11) is -3.62. The molecule has 1 aromatic carbocycles. The number of sulfonamides is 1. The van der Waals surface area contributed by atoms with Crippen LogP contribution in [0.15, 0.2) is 23.1 Å². The van der Waals surface area contributed by atoms with E-state index in [4.69, 9.17) is 9.88 Å². The van der Waals surface area contributed by atoms with Gasteiger partial charge in [0.05, 0.1) is 11.5 Å². The van der Waals surface area contributed by atoms with Crippen LogP contribution < -0.4 is 9.88 Å². The Morgan fingerprint density at radius 2 is 2.07 bits per heavy atom. The molecule has 0 aliphatic carbocycles. The van der Waals surface area contributed by atoms with Gasteiger partial charge < -0.3 is 4.74 Å². The van der Waals surface area contributed by atoms with Gasteiger partial charge in [-0.3, -0.25) is 0 Å². The third kappa shape index (κ3) is 2.62. The van der Waals surface area contributed by atoms with Crippen molar-refractivity contribution in [2.24, 2.45) is 5.14 Å². The maximum atomic E-state index is 11.0. The number of nitrogens with two attached hydrogens (primary N) is 1. The number of primary sulfonamides is 1. The monoisotopic (exact) mass is 249 g/mol. The van der Waals surface area contributed by atoms with Gasteiger partial charge in [0.15, 0.2) is 0 Å². The van der Waals surface area contributed by atoms with Crippen LogP contribution in [0.4, 0.5) is 0 Å². The molecule has 1 aliphatic rings. The first-order valence-electron chi connectivity index (χ1n) is 4.36. The number of rotatable bonds is 1. The lowest BCUT2D eigenvalue weighted by Gasteiger charge is -2.17. The number of benzene rings is 1. The minimum absolute atomic E-state index is 0. The lowest BCUT2D eigenvalue weighted by molar-refractivity contribution is 0.287. The fourth-order valence-corrected chi connectivity index (χ4v) is 2.03. The van der Waals surface area contributed by atoms with Crippen LogP contribution in [0.3, 0.4) is 0 Å². The summed E-state index contributed by atoms with van der Waals surface area (Å²) in [5, 5.41) is 5.01. The summed E-state index contributed by atoms with van der Waals surface area (Å²) >= 11 is 0. The Labute approximate surface area is 94.9 Å². The molecule has 0 unspecified atom stereocenters. The lowest BCUT2D eigenvalue weighted by atomic mass is 10.1. The summed E-state index contributed by atoms with van der Waals surface area (Å²) in [5.74, 6) is 0.641. The summed E-state index contributed by atoms with van der Waals surface area (Å²) < 4.78 is 27.4. The summed E-state index contributed by atoms with van der Waals surface area (Å²) in [6, 6.07) is 4.76.